The van der Waals surface area contributed by atoms with Gasteiger partial charge < -0.3 is 9.80 Å². The second kappa shape index (κ2) is 5.45. The molecule has 0 N–H and O–H groups in total. The van der Waals surface area contributed by atoms with Gasteiger partial charge in [0.15, 0.2) is 0 Å². The molecule has 0 amide bonds. The molecule has 4 heteroatoms. The van der Waals surface area contributed by atoms with E-state index in [1.807, 2.05) is 0 Å². The van der Waals surface area contributed by atoms with Crippen LogP contribution in [0.1, 0.15) is 12.8 Å². The van der Waals surface area contributed by atoms with Gasteiger partial charge in [0.05, 0.1) is 0 Å². The third kappa shape index (κ3) is 2.72. The van der Waals surface area contributed by atoms with Gasteiger partial charge in [-0.15, -0.1) is 0 Å². The molecule has 0 aromatic rings. The van der Waals surface area contributed by atoms with E-state index in [1.54, 1.807) is 0 Å². The summed E-state index contributed by atoms with van der Waals surface area (Å²) in [6, 6.07) is 1.68. The maximum atomic E-state index is 2.76. The van der Waals surface area contributed by atoms with E-state index in [2.05, 4.69) is 33.7 Å². The van der Waals surface area contributed by atoms with Crippen molar-refractivity contribution in [2.75, 3.05) is 66.5 Å². The third-order valence-electron chi connectivity index (χ3n) is 5.13. The molecule has 0 spiro atoms. The number of piperazine rings is 1. The summed E-state index contributed by atoms with van der Waals surface area (Å²) in [4.78, 5) is 10.4. The third-order valence-corrected chi connectivity index (χ3v) is 5.13. The van der Waals surface area contributed by atoms with Crippen LogP contribution < -0.4 is 0 Å². The van der Waals surface area contributed by atoms with Crippen molar-refractivity contribution in [1.82, 2.24) is 19.6 Å². The topological polar surface area (TPSA) is 13.0 Å². The van der Waals surface area contributed by atoms with Crippen molar-refractivity contribution in [2.24, 2.45) is 0 Å². The van der Waals surface area contributed by atoms with Gasteiger partial charge in [-0.25, -0.2) is 0 Å². The van der Waals surface area contributed by atoms with Crippen LogP contribution in [0.25, 0.3) is 0 Å². The van der Waals surface area contributed by atoms with Crippen LogP contribution in [-0.4, -0.2) is 98.1 Å². The molecule has 2 unspecified atom stereocenters. The minimum atomic E-state index is 0.838. The molecule has 2 atom stereocenters. The Morgan fingerprint density at radius 3 is 1.94 bits per heavy atom. The highest BCUT2D eigenvalue weighted by Gasteiger charge is 2.34. The van der Waals surface area contributed by atoms with Crippen LogP contribution in [-0.2, 0) is 0 Å². The van der Waals surface area contributed by atoms with Crippen molar-refractivity contribution < 1.29 is 0 Å². The highest BCUT2D eigenvalue weighted by Crippen LogP contribution is 2.23. The van der Waals surface area contributed by atoms with Crippen molar-refractivity contribution >= 4 is 0 Å². The number of likely N-dealkylation sites (N-methyl/N-ethyl adjacent to an activating group) is 2. The Hall–Kier alpha value is -0.160. The molecule has 0 bridgehead atoms. The summed E-state index contributed by atoms with van der Waals surface area (Å²) in [5.41, 5.74) is 0. The molecule has 0 aliphatic carbocycles. The zero-order valence-corrected chi connectivity index (χ0v) is 12.0. The zero-order chi connectivity index (χ0) is 12.5. The van der Waals surface area contributed by atoms with Crippen LogP contribution in [0.15, 0.2) is 0 Å². The van der Waals surface area contributed by atoms with Gasteiger partial charge in [-0.05, 0) is 33.5 Å². The number of hydrogen-bond donors (Lipinski definition) is 0. The number of nitrogens with zero attached hydrogens (tertiary/aromatic N) is 4. The molecule has 3 aliphatic heterocycles. The van der Waals surface area contributed by atoms with E-state index in [4.69, 9.17) is 0 Å². The molecule has 104 valence electrons. The van der Waals surface area contributed by atoms with E-state index in [-0.39, 0.29) is 0 Å². The predicted molar refractivity (Wildman–Crippen MR) is 75.0 cm³/mol. The van der Waals surface area contributed by atoms with Crippen LogP contribution in [0, 0.1) is 0 Å². The van der Waals surface area contributed by atoms with Crippen LogP contribution in [0.4, 0.5) is 0 Å². The fraction of sp³-hybridized carbons (Fsp3) is 1.00. The summed E-state index contributed by atoms with van der Waals surface area (Å²) < 4.78 is 0. The maximum Gasteiger partial charge on any atom is 0.0236 e. The molecule has 0 saturated carbocycles. The molecule has 3 aliphatic rings. The largest absolute Gasteiger partial charge is 0.305 e. The normalized spacial score (nSPS) is 37.7. The Balaban J connectivity index is 1.49. The van der Waals surface area contributed by atoms with Crippen LogP contribution in [0.2, 0.25) is 0 Å². The minimum Gasteiger partial charge on any atom is -0.305 e. The summed E-state index contributed by atoms with van der Waals surface area (Å²) >= 11 is 0. The first-order chi connectivity index (χ1) is 8.72. The molecular weight excluding hydrogens is 224 g/mol. The minimum absolute atomic E-state index is 0.838. The highest BCUT2D eigenvalue weighted by atomic mass is 15.3. The maximum absolute atomic E-state index is 2.76. The lowest BCUT2D eigenvalue weighted by molar-refractivity contribution is 0.109. The number of hydrogen-bond acceptors (Lipinski definition) is 4. The average Bonchev–Trinajstić information content (AvgIpc) is 2.98. The molecule has 3 saturated heterocycles. The Labute approximate surface area is 112 Å². The van der Waals surface area contributed by atoms with E-state index in [9.17, 15) is 0 Å². The first-order valence-electron chi connectivity index (χ1n) is 7.57. The molecule has 3 rings (SSSR count). The average molecular weight is 252 g/mol. The van der Waals surface area contributed by atoms with Crippen molar-refractivity contribution in [3.8, 4) is 0 Å². The van der Waals surface area contributed by atoms with Gasteiger partial charge in [-0.1, -0.05) is 0 Å². The van der Waals surface area contributed by atoms with Crippen LogP contribution >= 0.6 is 0 Å². The van der Waals surface area contributed by atoms with Crippen LogP contribution in [0.5, 0.6) is 0 Å². The van der Waals surface area contributed by atoms with Gasteiger partial charge in [0.2, 0.25) is 0 Å². The van der Waals surface area contributed by atoms with Gasteiger partial charge in [0.1, 0.15) is 0 Å². The molecule has 3 fully saturated rings. The van der Waals surface area contributed by atoms with Gasteiger partial charge in [0.25, 0.3) is 0 Å². The molecule has 0 radical (unpaired) electrons. The zero-order valence-electron chi connectivity index (χ0n) is 12.0. The highest BCUT2D eigenvalue weighted by molar-refractivity contribution is 4.91. The lowest BCUT2D eigenvalue weighted by Crippen LogP contribution is -2.50. The fourth-order valence-electron chi connectivity index (χ4n) is 3.79. The molecule has 4 nitrogen and oxygen atoms in total. The second-order valence-corrected chi connectivity index (χ2v) is 6.48. The molecule has 0 aromatic carbocycles. The van der Waals surface area contributed by atoms with Gasteiger partial charge in [-0.3, -0.25) is 9.80 Å². The molecular formula is C14H28N4. The van der Waals surface area contributed by atoms with Crippen molar-refractivity contribution in [1.29, 1.82) is 0 Å². The summed E-state index contributed by atoms with van der Waals surface area (Å²) in [6.45, 7) is 10.3. The molecule has 18 heavy (non-hydrogen) atoms. The Kier molecular flexibility index (Phi) is 3.89. The van der Waals surface area contributed by atoms with Crippen molar-refractivity contribution in [3.05, 3.63) is 0 Å². The monoisotopic (exact) mass is 252 g/mol. The Bertz CT molecular complexity index is 275. The lowest BCUT2D eigenvalue weighted by Gasteiger charge is -2.36. The van der Waals surface area contributed by atoms with E-state index < -0.39 is 0 Å². The van der Waals surface area contributed by atoms with Crippen molar-refractivity contribution in [2.45, 2.75) is 24.9 Å². The summed E-state index contributed by atoms with van der Waals surface area (Å²) in [6.07, 6.45) is 2.77. The van der Waals surface area contributed by atoms with E-state index >= 15 is 0 Å². The van der Waals surface area contributed by atoms with Gasteiger partial charge >= 0.3 is 0 Å². The Morgan fingerprint density at radius 1 is 0.611 bits per heavy atom. The fourth-order valence-corrected chi connectivity index (χ4v) is 3.79. The van der Waals surface area contributed by atoms with E-state index in [1.165, 1.54) is 65.2 Å². The smallest absolute Gasteiger partial charge is 0.0236 e. The summed E-state index contributed by atoms with van der Waals surface area (Å²) in [5, 5.41) is 0. The molecule has 3 heterocycles. The summed E-state index contributed by atoms with van der Waals surface area (Å²) in [5.74, 6) is 0. The first-order valence-corrected chi connectivity index (χ1v) is 7.57. The van der Waals surface area contributed by atoms with E-state index in [0.717, 1.165) is 12.1 Å². The van der Waals surface area contributed by atoms with E-state index in [0.29, 0.717) is 0 Å². The van der Waals surface area contributed by atoms with Gasteiger partial charge in [-0.2, -0.15) is 0 Å². The Morgan fingerprint density at radius 2 is 1.28 bits per heavy atom. The molecule has 0 aromatic heterocycles. The number of likely N-dealkylation sites (tertiary alicyclic amines) is 2. The van der Waals surface area contributed by atoms with Crippen LogP contribution in [0.3, 0.4) is 0 Å². The first kappa shape index (κ1) is 12.9. The standard InChI is InChI=1S/C14H28N4/c1-15-7-9-17(10-8-15)14-4-6-18(12-14)13-3-5-16(2)11-13/h13-14H,3-12H2,1-2H3. The predicted octanol–water partition coefficient (Wildman–Crippen LogP) is 0.0122. The van der Waals surface area contributed by atoms with Crippen molar-refractivity contribution in [3.63, 3.8) is 0 Å². The second-order valence-electron chi connectivity index (χ2n) is 6.48. The lowest BCUT2D eigenvalue weighted by atomic mass is 10.2. The summed E-state index contributed by atoms with van der Waals surface area (Å²) in [7, 11) is 4.50. The van der Waals surface area contributed by atoms with Gasteiger partial charge in [0, 0.05) is 57.9 Å². The quantitative estimate of drug-likeness (QED) is 0.686. The number of rotatable bonds is 2. The SMILES string of the molecule is CN1CCN(C2CCN(C3CCN(C)C3)C2)CC1.